The Morgan fingerprint density at radius 2 is 1.05 bits per heavy atom. The average Bonchev–Trinajstić information content (AvgIpc) is 2.11. The van der Waals surface area contributed by atoms with E-state index in [0.717, 1.165) is 0 Å². The van der Waals surface area contributed by atoms with E-state index in [2.05, 4.69) is 0 Å². The molecule has 0 aromatic carbocycles. The van der Waals surface area contributed by atoms with Crippen molar-refractivity contribution >= 4 is 23.9 Å². The Labute approximate surface area is 132 Å². The second-order valence-electron chi connectivity index (χ2n) is 4.11. The molecule has 0 bridgehead atoms. The predicted molar refractivity (Wildman–Crippen MR) is 57.2 cm³/mol. The maximum Gasteiger partial charge on any atom is 1.00 e. The zero-order chi connectivity index (χ0) is 14.3. The molecule has 0 amide bonds. The minimum Gasteiger partial charge on any atom is -1.00 e. The van der Waals surface area contributed by atoms with E-state index in [-0.39, 0.29) is 37.4 Å². The van der Waals surface area contributed by atoms with Gasteiger partial charge in [-0.1, -0.05) is 0 Å². The SMILES string of the molecule is O=C(O)CCC(CC(=O)O)(CC(=O)O)CC(=O)O.[H-].[Na+]. The Morgan fingerprint density at radius 1 is 0.737 bits per heavy atom. The Hall–Kier alpha value is -1.12. The zero-order valence-corrected chi connectivity index (χ0v) is 12.5. The van der Waals surface area contributed by atoms with Crippen LogP contribution in [0, 0.1) is 5.41 Å². The van der Waals surface area contributed by atoms with Crippen molar-refractivity contribution in [3.05, 3.63) is 0 Å². The van der Waals surface area contributed by atoms with E-state index in [1.54, 1.807) is 0 Å². The van der Waals surface area contributed by atoms with Gasteiger partial charge in [0.2, 0.25) is 0 Å². The topological polar surface area (TPSA) is 149 Å². The van der Waals surface area contributed by atoms with E-state index >= 15 is 0 Å². The maximum atomic E-state index is 10.7. The predicted octanol–water partition coefficient (Wildman–Crippen LogP) is -2.62. The first-order valence-electron chi connectivity index (χ1n) is 5.04. The molecular weight excluding hydrogens is 271 g/mol. The van der Waals surface area contributed by atoms with Gasteiger partial charge >= 0.3 is 53.4 Å². The third-order valence-electron chi connectivity index (χ3n) is 2.45. The van der Waals surface area contributed by atoms with Gasteiger partial charge in [-0.2, -0.15) is 0 Å². The molecule has 0 heterocycles. The number of rotatable bonds is 9. The standard InChI is InChI=1S/C10H14O8.Na.H/c11-6(12)1-2-10(3-7(13)14,4-8(15)16)5-9(17)18;;/h1-5H2,(H,11,12)(H,13,14)(H,15,16)(H,17,18);;/q;+1;-1. The summed E-state index contributed by atoms with van der Waals surface area (Å²) in [6.45, 7) is 0. The van der Waals surface area contributed by atoms with Gasteiger partial charge in [0.15, 0.2) is 0 Å². The van der Waals surface area contributed by atoms with Gasteiger partial charge in [0.25, 0.3) is 0 Å². The minimum absolute atomic E-state index is 0. The summed E-state index contributed by atoms with van der Waals surface area (Å²) in [6.07, 6.45) is -2.88. The first kappa shape index (κ1) is 20.2. The summed E-state index contributed by atoms with van der Waals surface area (Å²) in [5.74, 6) is -5.31. The summed E-state index contributed by atoms with van der Waals surface area (Å²) in [7, 11) is 0. The fourth-order valence-corrected chi connectivity index (χ4v) is 1.79. The first-order valence-corrected chi connectivity index (χ1v) is 5.04. The van der Waals surface area contributed by atoms with Gasteiger partial charge < -0.3 is 21.9 Å². The van der Waals surface area contributed by atoms with E-state index < -0.39 is 55.0 Å². The molecule has 0 unspecified atom stereocenters. The molecule has 8 nitrogen and oxygen atoms in total. The van der Waals surface area contributed by atoms with Crippen molar-refractivity contribution in [3.8, 4) is 0 Å². The van der Waals surface area contributed by atoms with Gasteiger partial charge in [-0.05, 0) is 6.42 Å². The van der Waals surface area contributed by atoms with Crippen molar-refractivity contribution in [2.24, 2.45) is 5.41 Å². The summed E-state index contributed by atoms with van der Waals surface area (Å²) in [5, 5.41) is 34.7. The molecule has 0 saturated carbocycles. The van der Waals surface area contributed by atoms with E-state index in [0.29, 0.717) is 0 Å². The number of carboxylic acid groups (broad SMARTS) is 4. The molecule has 0 rings (SSSR count). The molecule has 9 heteroatoms. The quantitative estimate of drug-likeness (QED) is 0.336. The normalized spacial score (nSPS) is 10.3. The molecule has 0 atom stereocenters. The second-order valence-corrected chi connectivity index (χ2v) is 4.11. The van der Waals surface area contributed by atoms with Crippen molar-refractivity contribution in [3.63, 3.8) is 0 Å². The molecule has 0 aromatic heterocycles. The number of hydrogen-bond acceptors (Lipinski definition) is 4. The van der Waals surface area contributed by atoms with Crippen LogP contribution in [0.15, 0.2) is 0 Å². The van der Waals surface area contributed by atoms with E-state index in [9.17, 15) is 19.2 Å². The van der Waals surface area contributed by atoms with E-state index in [4.69, 9.17) is 20.4 Å². The number of hydrogen-bond donors (Lipinski definition) is 4. The van der Waals surface area contributed by atoms with Crippen LogP contribution >= 0.6 is 0 Å². The fourth-order valence-electron chi connectivity index (χ4n) is 1.79. The smallest absolute Gasteiger partial charge is 1.00 e. The molecule has 0 aliphatic rings. The summed E-state index contributed by atoms with van der Waals surface area (Å²) >= 11 is 0. The zero-order valence-electron chi connectivity index (χ0n) is 11.5. The molecule has 0 saturated heterocycles. The summed E-state index contributed by atoms with van der Waals surface area (Å²) in [4.78, 5) is 42.5. The molecule has 0 spiro atoms. The molecule has 0 radical (unpaired) electrons. The van der Waals surface area contributed by atoms with Gasteiger partial charge in [0.1, 0.15) is 0 Å². The molecule has 0 fully saturated rings. The van der Waals surface area contributed by atoms with Crippen molar-refractivity contribution < 1.29 is 70.6 Å². The van der Waals surface area contributed by atoms with Gasteiger partial charge in [-0.3, -0.25) is 19.2 Å². The Bertz CT molecular complexity index is 329. The van der Waals surface area contributed by atoms with Crippen LogP contribution in [0.2, 0.25) is 0 Å². The van der Waals surface area contributed by atoms with E-state index in [1.165, 1.54) is 0 Å². The van der Waals surface area contributed by atoms with Crippen LogP contribution in [-0.2, 0) is 19.2 Å². The van der Waals surface area contributed by atoms with Crippen LogP contribution < -0.4 is 29.6 Å². The van der Waals surface area contributed by atoms with Crippen molar-refractivity contribution in [2.75, 3.05) is 0 Å². The van der Waals surface area contributed by atoms with Gasteiger partial charge in [0, 0.05) is 11.8 Å². The molecule has 0 aliphatic carbocycles. The molecule has 0 aromatic rings. The van der Waals surface area contributed by atoms with Gasteiger partial charge in [0.05, 0.1) is 19.3 Å². The third-order valence-corrected chi connectivity index (χ3v) is 2.45. The van der Waals surface area contributed by atoms with Crippen LogP contribution in [0.3, 0.4) is 0 Å². The fraction of sp³-hybridized carbons (Fsp3) is 0.600. The molecule has 104 valence electrons. The van der Waals surface area contributed by atoms with Crippen molar-refractivity contribution in [1.82, 2.24) is 0 Å². The van der Waals surface area contributed by atoms with Crippen molar-refractivity contribution in [1.29, 1.82) is 0 Å². The largest absolute Gasteiger partial charge is 1.00 e. The Morgan fingerprint density at radius 3 is 1.26 bits per heavy atom. The van der Waals surface area contributed by atoms with Crippen LogP contribution in [0.25, 0.3) is 0 Å². The number of aliphatic carboxylic acids is 4. The monoisotopic (exact) mass is 286 g/mol. The summed E-state index contributed by atoms with van der Waals surface area (Å²) in [6, 6.07) is 0. The number of carboxylic acids is 4. The summed E-state index contributed by atoms with van der Waals surface area (Å²) < 4.78 is 0. The summed E-state index contributed by atoms with van der Waals surface area (Å²) in [5.41, 5.74) is -1.58. The second kappa shape index (κ2) is 8.89. The van der Waals surface area contributed by atoms with Crippen LogP contribution in [0.1, 0.15) is 33.5 Å². The number of carbonyl (C=O) groups is 4. The molecular formula is C10H15NaO8. The minimum atomic E-state index is -1.58. The molecule has 0 aliphatic heterocycles. The maximum absolute atomic E-state index is 10.7. The molecule has 4 N–H and O–H groups in total. The first-order chi connectivity index (χ1) is 8.17. The third kappa shape index (κ3) is 9.46. The van der Waals surface area contributed by atoms with E-state index in [1.807, 2.05) is 0 Å². The van der Waals surface area contributed by atoms with Crippen LogP contribution in [0.5, 0.6) is 0 Å². The van der Waals surface area contributed by atoms with Gasteiger partial charge in [-0.25, -0.2) is 0 Å². The average molecular weight is 286 g/mol. The Kier molecular flexibility index (Phi) is 9.45. The van der Waals surface area contributed by atoms with Crippen LogP contribution in [0.4, 0.5) is 0 Å². The molecule has 19 heavy (non-hydrogen) atoms. The van der Waals surface area contributed by atoms with Crippen LogP contribution in [-0.4, -0.2) is 44.3 Å². The Balaban J connectivity index is -0.00000144. The van der Waals surface area contributed by atoms with Crippen molar-refractivity contribution in [2.45, 2.75) is 32.1 Å². The van der Waals surface area contributed by atoms with Gasteiger partial charge in [-0.15, -0.1) is 0 Å².